The van der Waals surface area contributed by atoms with Crippen LogP contribution in [0.1, 0.15) is 11.8 Å². The van der Waals surface area contributed by atoms with E-state index in [-0.39, 0.29) is 0 Å². The summed E-state index contributed by atoms with van der Waals surface area (Å²) in [5.41, 5.74) is 0.834. The van der Waals surface area contributed by atoms with Gasteiger partial charge in [0, 0.05) is 30.4 Å². The number of halogens is 1. The van der Waals surface area contributed by atoms with Crippen molar-refractivity contribution < 1.29 is 0 Å². The van der Waals surface area contributed by atoms with Crippen molar-refractivity contribution in [1.29, 1.82) is 0 Å². The first kappa shape index (κ1) is 14.2. The molecule has 21 heavy (non-hydrogen) atoms. The predicted octanol–water partition coefficient (Wildman–Crippen LogP) is 3.53. The second kappa shape index (κ2) is 6.32. The van der Waals surface area contributed by atoms with E-state index in [4.69, 9.17) is 11.6 Å². The van der Waals surface area contributed by atoms with Gasteiger partial charge in [-0.25, -0.2) is 9.97 Å². The first-order chi connectivity index (χ1) is 10.3. The molecule has 3 aromatic heterocycles. The molecule has 0 aliphatic rings. The smallest absolute Gasteiger partial charge is 0.180 e. The molecule has 3 heterocycles. The van der Waals surface area contributed by atoms with E-state index in [1.807, 2.05) is 29.8 Å². The fraction of sp³-hybridized carbons (Fsp3) is 0.286. The van der Waals surface area contributed by atoms with E-state index in [0.717, 1.165) is 41.1 Å². The van der Waals surface area contributed by atoms with Gasteiger partial charge in [0.2, 0.25) is 0 Å². The Balaban J connectivity index is 1.74. The van der Waals surface area contributed by atoms with Crippen molar-refractivity contribution in [1.82, 2.24) is 14.4 Å². The highest BCUT2D eigenvalue weighted by Crippen LogP contribution is 2.22. The summed E-state index contributed by atoms with van der Waals surface area (Å²) < 4.78 is 2.79. The molecule has 3 aromatic rings. The topological polar surface area (TPSA) is 54.2 Å². The van der Waals surface area contributed by atoms with Crippen molar-refractivity contribution in [3.8, 4) is 0 Å². The number of aromatic nitrogens is 3. The number of nitrogens with zero attached hydrogens (tertiary/aromatic N) is 3. The fourth-order valence-corrected chi connectivity index (χ4v) is 3.19. The Morgan fingerprint density at radius 1 is 1.33 bits per heavy atom. The lowest BCUT2D eigenvalue weighted by molar-refractivity contribution is 1.01. The first-order valence-electron chi connectivity index (χ1n) is 6.82. The van der Waals surface area contributed by atoms with Crippen molar-refractivity contribution in [3.63, 3.8) is 0 Å². The van der Waals surface area contributed by atoms with E-state index in [9.17, 15) is 0 Å². The minimum atomic E-state index is 0.793. The Hall–Kier alpha value is -1.79. The lowest BCUT2D eigenvalue weighted by Gasteiger charge is -2.09. The molecule has 0 saturated heterocycles. The number of imidazole rings is 1. The molecule has 0 aliphatic heterocycles. The Kier molecular flexibility index (Phi) is 4.26. The zero-order valence-corrected chi connectivity index (χ0v) is 13.2. The molecule has 0 aromatic carbocycles. The van der Waals surface area contributed by atoms with Crippen molar-refractivity contribution in [2.45, 2.75) is 13.3 Å². The maximum atomic E-state index is 5.94. The van der Waals surface area contributed by atoms with Gasteiger partial charge in [-0.1, -0.05) is 11.6 Å². The molecule has 0 saturated carbocycles. The Morgan fingerprint density at radius 3 is 3.00 bits per heavy atom. The van der Waals surface area contributed by atoms with Crippen LogP contribution in [0.2, 0.25) is 4.34 Å². The average molecular weight is 322 g/mol. The lowest BCUT2D eigenvalue weighted by Crippen LogP contribution is -2.09. The lowest BCUT2D eigenvalue weighted by atomic mass is 10.3. The number of nitrogens with one attached hydrogen (secondary N) is 2. The summed E-state index contributed by atoms with van der Waals surface area (Å²) in [6.07, 6.45) is 6.55. The van der Waals surface area contributed by atoms with Gasteiger partial charge in [0.05, 0.1) is 10.5 Å². The van der Waals surface area contributed by atoms with Crippen LogP contribution in [0, 0.1) is 0 Å². The summed E-state index contributed by atoms with van der Waals surface area (Å²) in [7, 11) is 0. The molecule has 0 amide bonds. The molecule has 7 heteroatoms. The number of hydrogen-bond acceptors (Lipinski definition) is 5. The van der Waals surface area contributed by atoms with Crippen LogP contribution in [0.3, 0.4) is 0 Å². The molecule has 5 nitrogen and oxygen atoms in total. The second-order valence-corrected chi connectivity index (χ2v) is 6.35. The zero-order valence-electron chi connectivity index (χ0n) is 11.6. The van der Waals surface area contributed by atoms with Crippen molar-refractivity contribution in [3.05, 3.63) is 39.9 Å². The van der Waals surface area contributed by atoms with E-state index in [2.05, 4.69) is 26.7 Å². The van der Waals surface area contributed by atoms with Crippen LogP contribution in [0.4, 0.5) is 11.6 Å². The SMILES string of the molecule is CCNc1cn2ccnc2c(NCCc2ccc(Cl)s2)n1. The summed E-state index contributed by atoms with van der Waals surface area (Å²) >= 11 is 7.55. The summed E-state index contributed by atoms with van der Waals surface area (Å²) in [6, 6.07) is 3.99. The Morgan fingerprint density at radius 2 is 2.24 bits per heavy atom. The third-order valence-electron chi connectivity index (χ3n) is 3.02. The van der Waals surface area contributed by atoms with E-state index in [0.29, 0.717) is 0 Å². The highest BCUT2D eigenvalue weighted by molar-refractivity contribution is 7.16. The van der Waals surface area contributed by atoms with Crippen molar-refractivity contribution >= 4 is 40.2 Å². The third-order valence-corrected chi connectivity index (χ3v) is 4.32. The molecule has 0 radical (unpaired) electrons. The zero-order chi connectivity index (χ0) is 14.7. The molecule has 0 fully saturated rings. The van der Waals surface area contributed by atoms with Gasteiger partial charge in [0.25, 0.3) is 0 Å². The monoisotopic (exact) mass is 321 g/mol. The largest absolute Gasteiger partial charge is 0.369 e. The van der Waals surface area contributed by atoms with Gasteiger partial charge in [0.1, 0.15) is 5.82 Å². The molecular weight excluding hydrogens is 306 g/mol. The number of rotatable bonds is 6. The molecule has 0 spiro atoms. The molecular formula is C14H16ClN5S. The van der Waals surface area contributed by atoms with Crippen LogP contribution in [-0.4, -0.2) is 27.5 Å². The van der Waals surface area contributed by atoms with Crippen LogP contribution in [0.15, 0.2) is 30.7 Å². The fourth-order valence-electron chi connectivity index (χ4n) is 2.11. The maximum absolute atomic E-state index is 5.94. The number of fused-ring (bicyclic) bond motifs is 1. The average Bonchev–Trinajstić information content (AvgIpc) is 3.08. The van der Waals surface area contributed by atoms with Crippen LogP contribution in [0.25, 0.3) is 5.65 Å². The summed E-state index contributed by atoms with van der Waals surface area (Å²) in [6.45, 7) is 3.68. The molecule has 0 unspecified atom stereocenters. The van der Waals surface area contributed by atoms with Crippen LogP contribution in [-0.2, 0) is 6.42 Å². The van der Waals surface area contributed by atoms with E-state index in [1.54, 1.807) is 17.5 Å². The van der Waals surface area contributed by atoms with Gasteiger partial charge in [-0.05, 0) is 25.5 Å². The van der Waals surface area contributed by atoms with Crippen molar-refractivity contribution in [2.24, 2.45) is 0 Å². The summed E-state index contributed by atoms with van der Waals surface area (Å²) in [5, 5.41) is 6.59. The molecule has 0 aliphatic carbocycles. The molecule has 0 atom stereocenters. The molecule has 110 valence electrons. The summed E-state index contributed by atoms with van der Waals surface area (Å²) in [5.74, 6) is 1.63. The standard InChI is InChI=1S/C14H16ClN5S/c1-2-16-12-9-20-8-7-18-14(20)13(19-12)17-6-5-10-3-4-11(15)21-10/h3-4,7-9,16H,2,5-6H2,1H3,(H,17,19). The van der Waals surface area contributed by atoms with Gasteiger partial charge in [0.15, 0.2) is 11.5 Å². The van der Waals surface area contributed by atoms with Gasteiger partial charge in [-0.2, -0.15) is 0 Å². The first-order valence-corrected chi connectivity index (χ1v) is 8.01. The molecule has 2 N–H and O–H groups in total. The quantitative estimate of drug-likeness (QED) is 0.729. The predicted molar refractivity (Wildman–Crippen MR) is 88.7 cm³/mol. The Bertz CT molecular complexity index is 736. The van der Waals surface area contributed by atoms with Crippen LogP contribution < -0.4 is 10.6 Å². The molecule has 0 bridgehead atoms. The van der Waals surface area contributed by atoms with Crippen LogP contribution in [0.5, 0.6) is 0 Å². The molecule has 3 rings (SSSR count). The number of anilines is 2. The van der Waals surface area contributed by atoms with Gasteiger partial charge in [-0.15, -0.1) is 11.3 Å². The third kappa shape index (κ3) is 3.28. The minimum absolute atomic E-state index is 0.793. The van der Waals surface area contributed by atoms with Gasteiger partial charge < -0.3 is 15.0 Å². The second-order valence-electron chi connectivity index (χ2n) is 4.55. The number of thiophene rings is 1. The van der Waals surface area contributed by atoms with Crippen molar-refractivity contribution in [2.75, 3.05) is 23.7 Å². The summed E-state index contributed by atoms with van der Waals surface area (Å²) in [4.78, 5) is 10.2. The van der Waals surface area contributed by atoms with E-state index >= 15 is 0 Å². The maximum Gasteiger partial charge on any atom is 0.180 e. The van der Waals surface area contributed by atoms with E-state index < -0.39 is 0 Å². The minimum Gasteiger partial charge on any atom is -0.369 e. The van der Waals surface area contributed by atoms with Crippen LogP contribution >= 0.6 is 22.9 Å². The Labute approximate surface area is 132 Å². The number of hydrogen-bond donors (Lipinski definition) is 2. The van der Waals surface area contributed by atoms with Gasteiger partial charge >= 0.3 is 0 Å². The van der Waals surface area contributed by atoms with E-state index in [1.165, 1.54) is 4.88 Å². The normalized spacial score (nSPS) is 11.0. The highest BCUT2D eigenvalue weighted by atomic mass is 35.5. The van der Waals surface area contributed by atoms with Gasteiger partial charge in [-0.3, -0.25) is 0 Å². The highest BCUT2D eigenvalue weighted by Gasteiger charge is 2.07.